The zero-order valence-corrected chi connectivity index (χ0v) is 13.2. The van der Waals surface area contributed by atoms with E-state index in [1.807, 2.05) is 0 Å². The fraction of sp³-hybridized carbons (Fsp3) is 0.0769. The third-order valence-corrected chi connectivity index (χ3v) is 4.48. The lowest BCUT2D eigenvalue weighted by atomic mass is 10.0. The first-order chi connectivity index (χ1) is 9.32. The predicted molar refractivity (Wildman–Crippen MR) is 81.9 cm³/mol. The number of nitrogens with one attached hydrogen (secondary N) is 1. The second kappa shape index (κ2) is 5.60. The summed E-state index contributed by atoms with van der Waals surface area (Å²) < 4.78 is 0.493. The van der Waals surface area contributed by atoms with Crippen LogP contribution in [0.15, 0.2) is 27.5 Å². The third kappa shape index (κ3) is 2.61. The van der Waals surface area contributed by atoms with E-state index in [0.717, 1.165) is 0 Å². The molecule has 2 rings (SSSR count). The first-order valence-electron chi connectivity index (χ1n) is 5.44. The van der Waals surface area contributed by atoms with Crippen LogP contribution in [0.3, 0.4) is 0 Å². The average Bonchev–Trinajstić information content (AvgIpc) is 2.36. The van der Waals surface area contributed by atoms with Crippen molar-refractivity contribution in [1.82, 2.24) is 4.98 Å². The highest BCUT2D eigenvalue weighted by Gasteiger charge is 2.21. The third-order valence-electron chi connectivity index (χ3n) is 2.75. The van der Waals surface area contributed by atoms with Crippen molar-refractivity contribution in [2.75, 3.05) is 0 Å². The Kier molecular flexibility index (Phi) is 4.22. The van der Waals surface area contributed by atoms with E-state index in [2.05, 4.69) is 20.9 Å². The predicted octanol–water partition coefficient (Wildman–Crippen LogP) is 4.12. The van der Waals surface area contributed by atoms with E-state index in [-0.39, 0.29) is 16.1 Å². The van der Waals surface area contributed by atoms with E-state index in [0.29, 0.717) is 20.8 Å². The van der Waals surface area contributed by atoms with Crippen LogP contribution in [0.1, 0.15) is 16.1 Å². The molecule has 0 amide bonds. The lowest BCUT2D eigenvalue weighted by Gasteiger charge is -2.11. The van der Waals surface area contributed by atoms with Crippen LogP contribution in [0.25, 0.3) is 11.1 Å². The molecule has 0 aliphatic carbocycles. The molecule has 1 aromatic heterocycles. The molecule has 2 N–H and O–H groups in total. The Morgan fingerprint density at radius 3 is 2.50 bits per heavy atom. The molecule has 20 heavy (non-hydrogen) atoms. The smallest absolute Gasteiger partial charge is 0.342 e. The number of carboxylic acid groups (broad SMARTS) is 1. The summed E-state index contributed by atoms with van der Waals surface area (Å²) in [4.78, 5) is 25.7. The first-order valence-corrected chi connectivity index (χ1v) is 6.99. The van der Waals surface area contributed by atoms with Gasteiger partial charge in [0, 0.05) is 15.7 Å². The molecule has 0 spiro atoms. The maximum absolute atomic E-state index is 11.9. The molecule has 0 fully saturated rings. The Morgan fingerprint density at radius 1 is 1.30 bits per heavy atom. The van der Waals surface area contributed by atoms with Crippen molar-refractivity contribution in [3.63, 3.8) is 0 Å². The summed E-state index contributed by atoms with van der Waals surface area (Å²) in [5.41, 5.74) is 0.288. The highest BCUT2D eigenvalue weighted by atomic mass is 79.9. The van der Waals surface area contributed by atoms with Gasteiger partial charge in [-0.3, -0.25) is 4.79 Å². The molecule has 0 atom stereocenters. The summed E-state index contributed by atoms with van der Waals surface area (Å²) in [6.45, 7) is 1.66. The van der Waals surface area contributed by atoms with Crippen LogP contribution in [0.5, 0.6) is 0 Å². The van der Waals surface area contributed by atoms with Crippen LogP contribution >= 0.6 is 39.1 Å². The number of hydrogen-bond acceptors (Lipinski definition) is 2. The minimum atomic E-state index is -1.31. The highest BCUT2D eigenvalue weighted by molar-refractivity contribution is 9.10. The molecule has 2 aromatic rings. The van der Waals surface area contributed by atoms with Crippen molar-refractivity contribution in [2.24, 2.45) is 0 Å². The van der Waals surface area contributed by atoms with Crippen molar-refractivity contribution in [3.05, 3.63) is 54.3 Å². The van der Waals surface area contributed by atoms with Gasteiger partial charge < -0.3 is 10.1 Å². The van der Waals surface area contributed by atoms with Crippen molar-refractivity contribution in [1.29, 1.82) is 0 Å². The van der Waals surface area contributed by atoms with Gasteiger partial charge in [0.15, 0.2) is 0 Å². The number of carbonyl (C=O) groups is 1. The van der Waals surface area contributed by atoms with E-state index in [1.54, 1.807) is 19.1 Å². The average molecular weight is 377 g/mol. The molecular weight excluding hydrogens is 369 g/mol. The van der Waals surface area contributed by atoms with Gasteiger partial charge in [0.25, 0.3) is 5.56 Å². The number of benzene rings is 1. The maximum atomic E-state index is 11.9. The number of aromatic nitrogens is 1. The highest BCUT2D eigenvalue weighted by Crippen LogP contribution is 2.35. The molecule has 0 saturated heterocycles. The largest absolute Gasteiger partial charge is 0.477 e. The van der Waals surface area contributed by atoms with Gasteiger partial charge >= 0.3 is 5.97 Å². The lowest BCUT2D eigenvalue weighted by Crippen LogP contribution is -2.20. The Labute approximate surface area is 132 Å². The van der Waals surface area contributed by atoms with Crippen molar-refractivity contribution in [3.8, 4) is 11.1 Å². The number of pyridine rings is 1. The number of carboxylic acids is 1. The molecule has 0 radical (unpaired) electrons. The Balaban J connectivity index is 2.87. The van der Waals surface area contributed by atoms with Crippen molar-refractivity contribution in [2.45, 2.75) is 6.92 Å². The second-order valence-corrected chi connectivity index (χ2v) is 5.68. The molecule has 104 valence electrons. The lowest BCUT2D eigenvalue weighted by molar-refractivity contribution is 0.0695. The van der Waals surface area contributed by atoms with Gasteiger partial charge in [-0.2, -0.15) is 0 Å². The number of aromatic amines is 1. The van der Waals surface area contributed by atoms with Gasteiger partial charge in [0.1, 0.15) is 5.56 Å². The first kappa shape index (κ1) is 15.1. The number of rotatable bonds is 2. The number of aromatic carboxylic acids is 1. The summed E-state index contributed by atoms with van der Waals surface area (Å²) >= 11 is 15.1. The van der Waals surface area contributed by atoms with Crippen LogP contribution in [-0.2, 0) is 0 Å². The second-order valence-electron chi connectivity index (χ2n) is 4.08. The van der Waals surface area contributed by atoms with Gasteiger partial charge in [-0.25, -0.2) is 4.79 Å². The molecule has 1 heterocycles. The fourth-order valence-electron chi connectivity index (χ4n) is 1.83. The minimum Gasteiger partial charge on any atom is -0.477 e. The standard InChI is InChI=1S/C13H8BrCl2NO3/c1-5-11(14)9(10(13(19)20)12(18)17-5)6-2-3-7(15)8(16)4-6/h2-4H,1H3,(H,17,18)(H,19,20). The Morgan fingerprint density at radius 2 is 1.95 bits per heavy atom. The molecule has 0 aliphatic heterocycles. The molecule has 7 heteroatoms. The van der Waals surface area contributed by atoms with E-state index >= 15 is 0 Å². The fourth-order valence-corrected chi connectivity index (χ4v) is 2.65. The van der Waals surface area contributed by atoms with Crippen LogP contribution < -0.4 is 5.56 Å². The van der Waals surface area contributed by atoms with Gasteiger partial charge in [0.05, 0.1) is 10.0 Å². The van der Waals surface area contributed by atoms with Gasteiger partial charge in [-0.15, -0.1) is 0 Å². The van der Waals surface area contributed by atoms with Crippen molar-refractivity contribution >= 4 is 45.1 Å². The molecular formula is C13H8BrCl2NO3. The SMILES string of the molecule is Cc1[nH]c(=O)c(C(=O)O)c(-c2ccc(Cl)c(Cl)c2)c1Br. The van der Waals surface area contributed by atoms with Gasteiger partial charge in [-0.05, 0) is 40.5 Å². The van der Waals surface area contributed by atoms with E-state index in [1.165, 1.54) is 6.07 Å². The van der Waals surface area contributed by atoms with Gasteiger partial charge in [-0.1, -0.05) is 29.3 Å². The zero-order valence-electron chi connectivity index (χ0n) is 10.1. The summed E-state index contributed by atoms with van der Waals surface area (Å²) in [5, 5.41) is 9.88. The van der Waals surface area contributed by atoms with Crippen LogP contribution in [0, 0.1) is 6.92 Å². The molecule has 0 aliphatic rings. The Hall–Kier alpha value is -1.30. The normalized spacial score (nSPS) is 10.6. The molecule has 4 nitrogen and oxygen atoms in total. The number of aryl methyl sites for hydroxylation is 1. The monoisotopic (exact) mass is 375 g/mol. The van der Waals surface area contributed by atoms with Crippen LogP contribution in [0.2, 0.25) is 10.0 Å². The zero-order chi connectivity index (χ0) is 15.0. The molecule has 0 saturated carbocycles. The quantitative estimate of drug-likeness (QED) is 0.828. The van der Waals surface area contributed by atoms with Crippen LogP contribution in [-0.4, -0.2) is 16.1 Å². The number of hydrogen-bond donors (Lipinski definition) is 2. The maximum Gasteiger partial charge on any atom is 0.342 e. The Bertz CT molecular complexity index is 771. The molecule has 1 aromatic carbocycles. The van der Waals surface area contributed by atoms with Gasteiger partial charge in [0.2, 0.25) is 0 Å². The van der Waals surface area contributed by atoms with Crippen LogP contribution in [0.4, 0.5) is 0 Å². The van der Waals surface area contributed by atoms with E-state index < -0.39 is 11.5 Å². The van der Waals surface area contributed by atoms with E-state index in [9.17, 15) is 14.7 Å². The molecule has 0 bridgehead atoms. The number of H-pyrrole nitrogens is 1. The van der Waals surface area contributed by atoms with E-state index in [4.69, 9.17) is 23.2 Å². The summed E-state index contributed by atoms with van der Waals surface area (Å²) in [5.74, 6) is -1.31. The topological polar surface area (TPSA) is 70.2 Å². The summed E-state index contributed by atoms with van der Waals surface area (Å²) in [6.07, 6.45) is 0. The summed E-state index contributed by atoms with van der Waals surface area (Å²) in [6, 6.07) is 4.68. The minimum absolute atomic E-state index is 0.275. The molecule has 0 unspecified atom stereocenters. The number of halogens is 3. The van der Waals surface area contributed by atoms with Crippen molar-refractivity contribution < 1.29 is 9.90 Å². The summed E-state index contributed by atoms with van der Waals surface area (Å²) in [7, 11) is 0.